The highest BCUT2D eigenvalue weighted by molar-refractivity contribution is 5.71. The molecule has 0 saturated carbocycles. The Morgan fingerprint density at radius 1 is 0.253 bits per heavy atom. The Hall–Kier alpha value is -3.93. The lowest BCUT2D eigenvalue weighted by Crippen LogP contribution is -2.30. The van der Waals surface area contributed by atoms with Gasteiger partial charge in [-0.2, -0.15) is 0 Å². The topological polar surface area (TPSA) is 78.9 Å². The molecule has 0 heterocycles. The van der Waals surface area contributed by atoms with Crippen LogP contribution in [0.1, 0.15) is 342 Å². The van der Waals surface area contributed by atoms with Gasteiger partial charge in [0.15, 0.2) is 6.10 Å². The second-order valence-corrected chi connectivity index (χ2v) is 23.4. The maximum atomic E-state index is 13.0. The molecule has 0 N–H and O–H groups in total. The predicted molar refractivity (Wildman–Crippen MR) is 362 cm³/mol. The molecule has 0 aromatic carbocycles. The molecule has 0 amide bonds. The molecule has 0 spiro atoms. The van der Waals surface area contributed by atoms with E-state index >= 15 is 0 Å². The molecule has 476 valence electrons. The van der Waals surface area contributed by atoms with E-state index in [1.807, 2.05) is 0 Å². The van der Waals surface area contributed by atoms with E-state index < -0.39 is 6.10 Å². The summed E-state index contributed by atoms with van der Waals surface area (Å²) in [5, 5.41) is 0. The second-order valence-electron chi connectivity index (χ2n) is 23.4. The van der Waals surface area contributed by atoms with Gasteiger partial charge in [0, 0.05) is 19.3 Å². The van der Waals surface area contributed by atoms with Crippen molar-refractivity contribution in [1.29, 1.82) is 0 Å². The maximum absolute atomic E-state index is 13.0. The van der Waals surface area contributed by atoms with Crippen molar-refractivity contribution in [3.63, 3.8) is 0 Å². The van der Waals surface area contributed by atoms with Crippen LogP contribution in [0.3, 0.4) is 0 Å². The predicted octanol–water partition coefficient (Wildman–Crippen LogP) is 24.6. The van der Waals surface area contributed by atoms with E-state index in [-0.39, 0.29) is 31.1 Å². The van der Waals surface area contributed by atoms with Crippen LogP contribution < -0.4 is 0 Å². The summed E-state index contributed by atoms with van der Waals surface area (Å²) in [6.45, 7) is 6.53. The smallest absolute Gasteiger partial charge is 0.306 e. The molecule has 0 aliphatic rings. The lowest BCUT2D eigenvalue weighted by atomic mass is 10.0. The molecule has 83 heavy (non-hydrogen) atoms. The highest BCUT2D eigenvalue weighted by Gasteiger charge is 2.19. The first-order valence-electron chi connectivity index (χ1n) is 35.4. The van der Waals surface area contributed by atoms with Gasteiger partial charge < -0.3 is 14.2 Å². The SMILES string of the molecule is CC/C=C\C/C=C\C/C=C\C/C=C\C/C=C\CCCCCCCCCCCC(=O)OCC(COC(=O)CCCCCCC/C=C\CCCCCCCC)OC(=O)CCCCCCCCCCCC/C=C\C/C=C\C/C=C\CCCCCCC. The summed E-state index contributed by atoms with van der Waals surface area (Å²) in [4.78, 5) is 38.5. The van der Waals surface area contributed by atoms with Crippen LogP contribution in [0.15, 0.2) is 109 Å². The van der Waals surface area contributed by atoms with Gasteiger partial charge in [-0.05, 0) is 128 Å². The number of allylic oxidation sites excluding steroid dienone is 18. The monoisotopic (exact) mass is 1150 g/mol. The first kappa shape index (κ1) is 79.1. The van der Waals surface area contributed by atoms with Crippen molar-refractivity contribution < 1.29 is 28.6 Å². The molecule has 0 rings (SSSR count). The Morgan fingerprint density at radius 2 is 0.470 bits per heavy atom. The molecule has 0 aliphatic carbocycles. The second kappa shape index (κ2) is 70.6. The number of esters is 3. The van der Waals surface area contributed by atoms with E-state index in [0.717, 1.165) is 116 Å². The van der Waals surface area contributed by atoms with Gasteiger partial charge in [0.05, 0.1) is 0 Å². The summed E-state index contributed by atoms with van der Waals surface area (Å²) >= 11 is 0. The van der Waals surface area contributed by atoms with Gasteiger partial charge in [-0.1, -0.05) is 304 Å². The third-order valence-corrected chi connectivity index (χ3v) is 15.2. The van der Waals surface area contributed by atoms with Crippen LogP contribution in [-0.4, -0.2) is 37.2 Å². The largest absolute Gasteiger partial charge is 0.462 e. The number of carbonyl (C=O) groups is 3. The van der Waals surface area contributed by atoms with Crippen LogP contribution in [0, 0.1) is 0 Å². The van der Waals surface area contributed by atoms with Crippen molar-refractivity contribution >= 4 is 17.9 Å². The molecule has 0 fully saturated rings. The van der Waals surface area contributed by atoms with E-state index in [0.29, 0.717) is 19.3 Å². The summed E-state index contributed by atoms with van der Waals surface area (Å²) < 4.78 is 17.0. The summed E-state index contributed by atoms with van der Waals surface area (Å²) in [7, 11) is 0. The van der Waals surface area contributed by atoms with Gasteiger partial charge in [-0.3, -0.25) is 14.4 Å². The third kappa shape index (κ3) is 68.7. The molecular formula is C77H132O6. The number of carbonyl (C=O) groups excluding carboxylic acids is 3. The van der Waals surface area contributed by atoms with Gasteiger partial charge >= 0.3 is 17.9 Å². The van der Waals surface area contributed by atoms with Gasteiger partial charge in [0.25, 0.3) is 0 Å². The van der Waals surface area contributed by atoms with Crippen LogP contribution in [0.5, 0.6) is 0 Å². The van der Waals surface area contributed by atoms with Crippen LogP contribution in [-0.2, 0) is 28.6 Å². The fourth-order valence-electron chi connectivity index (χ4n) is 9.94. The van der Waals surface area contributed by atoms with Crippen LogP contribution in [0.4, 0.5) is 0 Å². The van der Waals surface area contributed by atoms with Crippen molar-refractivity contribution in [3.05, 3.63) is 109 Å². The van der Waals surface area contributed by atoms with E-state index in [2.05, 4.69) is 130 Å². The van der Waals surface area contributed by atoms with Gasteiger partial charge in [0.2, 0.25) is 0 Å². The molecule has 0 bridgehead atoms. The Morgan fingerprint density at radius 3 is 0.747 bits per heavy atom. The number of ether oxygens (including phenoxy) is 3. The van der Waals surface area contributed by atoms with E-state index in [9.17, 15) is 14.4 Å². The van der Waals surface area contributed by atoms with Crippen LogP contribution in [0.2, 0.25) is 0 Å². The zero-order chi connectivity index (χ0) is 59.9. The first-order valence-corrected chi connectivity index (χ1v) is 35.4. The molecule has 0 saturated heterocycles. The fraction of sp³-hybridized carbons (Fsp3) is 0.727. The molecule has 1 unspecified atom stereocenters. The Balaban J connectivity index is 4.37. The average molecular weight is 1150 g/mol. The zero-order valence-electron chi connectivity index (χ0n) is 54.7. The minimum Gasteiger partial charge on any atom is -0.462 e. The third-order valence-electron chi connectivity index (χ3n) is 15.2. The molecule has 0 aliphatic heterocycles. The van der Waals surface area contributed by atoms with Crippen molar-refractivity contribution in [2.75, 3.05) is 13.2 Å². The van der Waals surface area contributed by atoms with Crippen molar-refractivity contribution in [2.45, 2.75) is 348 Å². The summed E-state index contributed by atoms with van der Waals surface area (Å²) in [5.74, 6) is -0.890. The number of hydrogen-bond acceptors (Lipinski definition) is 6. The van der Waals surface area contributed by atoms with Crippen molar-refractivity contribution in [1.82, 2.24) is 0 Å². The average Bonchev–Trinajstić information content (AvgIpc) is 3.49. The van der Waals surface area contributed by atoms with Crippen LogP contribution >= 0.6 is 0 Å². The van der Waals surface area contributed by atoms with Crippen LogP contribution in [0.25, 0.3) is 0 Å². The normalized spacial score (nSPS) is 12.8. The fourth-order valence-corrected chi connectivity index (χ4v) is 9.94. The van der Waals surface area contributed by atoms with Gasteiger partial charge in [-0.25, -0.2) is 0 Å². The molecule has 1 atom stereocenters. The summed E-state index contributed by atoms with van der Waals surface area (Å²) in [6.07, 6.45) is 96.7. The summed E-state index contributed by atoms with van der Waals surface area (Å²) in [5.41, 5.74) is 0. The Labute approximate surface area is 514 Å². The lowest BCUT2D eigenvalue weighted by molar-refractivity contribution is -0.167. The van der Waals surface area contributed by atoms with Gasteiger partial charge in [0.1, 0.15) is 13.2 Å². The molecule has 0 radical (unpaired) electrons. The minimum absolute atomic E-state index is 0.0850. The minimum atomic E-state index is -0.790. The lowest BCUT2D eigenvalue weighted by Gasteiger charge is -2.18. The Bertz CT molecular complexity index is 1660. The molecular weight excluding hydrogens is 1020 g/mol. The molecule has 6 nitrogen and oxygen atoms in total. The summed E-state index contributed by atoms with van der Waals surface area (Å²) in [6, 6.07) is 0. The van der Waals surface area contributed by atoms with Gasteiger partial charge in [-0.15, -0.1) is 0 Å². The van der Waals surface area contributed by atoms with E-state index in [1.165, 1.54) is 186 Å². The highest BCUT2D eigenvalue weighted by Crippen LogP contribution is 2.16. The standard InChI is InChI=1S/C77H132O6/c1-4-7-10-13-16-19-22-25-28-30-32-34-36-38-40-42-44-46-49-52-55-58-61-64-67-70-76(79)82-73-74(72-81-75(78)69-66-63-60-57-54-51-48-27-24-21-18-15-12-9-6-3)83-77(80)71-68-65-62-59-56-53-50-47-45-43-41-39-37-35-33-31-29-26-23-20-17-14-11-8-5-2/h7,10,16,19,23,25-28,31-34,37-40,48,74H,4-6,8-9,11-15,17-18,20-22,24,29-30,35-36,41-47,49-73H2,1-3H3/b10-7-,19-16-,26-23-,28-25-,33-31-,34-32-,39-37-,40-38-,48-27-. The first-order chi connectivity index (χ1) is 41.0. The molecule has 0 aromatic rings. The van der Waals surface area contributed by atoms with Crippen molar-refractivity contribution in [2.24, 2.45) is 0 Å². The maximum Gasteiger partial charge on any atom is 0.306 e. The quantitative estimate of drug-likeness (QED) is 0.0261. The van der Waals surface area contributed by atoms with Crippen molar-refractivity contribution in [3.8, 4) is 0 Å². The van der Waals surface area contributed by atoms with E-state index in [1.54, 1.807) is 0 Å². The molecule has 0 aromatic heterocycles. The number of unbranched alkanes of at least 4 members (excludes halogenated alkanes) is 35. The number of rotatable bonds is 64. The number of hydrogen-bond donors (Lipinski definition) is 0. The zero-order valence-corrected chi connectivity index (χ0v) is 54.7. The van der Waals surface area contributed by atoms with E-state index in [4.69, 9.17) is 14.2 Å². The highest BCUT2D eigenvalue weighted by atomic mass is 16.6. The Kier molecular flexibility index (Phi) is 67.2. The molecule has 6 heteroatoms.